The van der Waals surface area contributed by atoms with E-state index in [0.717, 1.165) is 12.8 Å². The second-order valence-electron chi connectivity index (χ2n) is 12.3. The topological polar surface area (TPSA) is 0 Å². The van der Waals surface area contributed by atoms with Crippen molar-refractivity contribution in [3.05, 3.63) is 188 Å². The molecule has 0 saturated heterocycles. The zero-order valence-electron chi connectivity index (χ0n) is 25.6. The van der Waals surface area contributed by atoms with Gasteiger partial charge in [0.15, 0.2) is 0 Å². The van der Waals surface area contributed by atoms with E-state index in [0.29, 0.717) is 0 Å². The molecule has 0 aliphatic heterocycles. The fourth-order valence-corrected chi connectivity index (χ4v) is 37.8. The molecule has 6 aromatic rings. The zero-order valence-corrected chi connectivity index (χ0v) is 32.2. The van der Waals surface area contributed by atoms with E-state index in [9.17, 15) is 0 Å². The SMILES string of the molecule is Cl.Cl.[SiH2]=[Hf]([C]1=CC(c2cccc3ccccc23)=CC1)([C]1=CC(c2cccc3ccccc23)=CC1)([c]1ccccc1)[c]1ccccc1. The van der Waals surface area contributed by atoms with Gasteiger partial charge in [-0.2, -0.15) is 0 Å². The molecule has 226 valence electrons. The number of benzene rings is 6. The molecule has 0 amide bonds. The van der Waals surface area contributed by atoms with Gasteiger partial charge >= 0.3 is 264 Å². The van der Waals surface area contributed by atoms with Crippen molar-refractivity contribution in [3.63, 3.8) is 0 Å². The molecule has 46 heavy (non-hydrogen) atoms. The summed E-state index contributed by atoms with van der Waals surface area (Å²) in [6.07, 6.45) is 12.2. The second kappa shape index (κ2) is 12.9. The Labute approximate surface area is 286 Å². The van der Waals surface area contributed by atoms with Gasteiger partial charge in [0.1, 0.15) is 0 Å². The van der Waals surface area contributed by atoms with Crippen LogP contribution in [-0.4, -0.2) is 6.94 Å². The Hall–Kier alpha value is -3.53. The van der Waals surface area contributed by atoms with E-state index in [2.05, 4.69) is 177 Å². The molecular weight excluding hydrogens is 782 g/mol. The molecule has 0 fully saturated rings. The van der Waals surface area contributed by atoms with Crippen molar-refractivity contribution in [3.8, 4) is 0 Å². The first kappa shape index (κ1) is 32.4. The molecule has 0 bridgehead atoms. The summed E-state index contributed by atoms with van der Waals surface area (Å²) in [6.45, 7) is 2.39. The molecule has 0 unspecified atom stereocenters. The fourth-order valence-electron chi connectivity index (χ4n) is 7.88. The number of fused-ring (bicyclic) bond motifs is 2. The third-order valence-corrected chi connectivity index (χ3v) is 48.5. The first-order valence-corrected chi connectivity index (χ1v) is 31.1. The Morgan fingerprint density at radius 1 is 0.413 bits per heavy atom. The van der Waals surface area contributed by atoms with E-state index >= 15 is 0 Å². The van der Waals surface area contributed by atoms with Gasteiger partial charge in [0, 0.05) is 0 Å². The summed E-state index contributed by atoms with van der Waals surface area (Å²) in [4.78, 5) is 0. The molecule has 0 aromatic heterocycles. The standard InChI is InChI=1S/2C15H11.2C6H5.2ClH.Hf.H2Si/c2*1-2-7-12(6-1)15-11-5-9-13-8-3-4-10-14(13)15;2*1-2-4-6-5-3-1;;;;/h2*3-11H,1H2;2*1-5H;2*1H;;1H2. The van der Waals surface area contributed by atoms with Gasteiger partial charge in [-0.25, -0.2) is 0 Å². The summed E-state index contributed by atoms with van der Waals surface area (Å²) in [7, 11) is 0. The Morgan fingerprint density at radius 2 is 0.783 bits per heavy atom. The van der Waals surface area contributed by atoms with Crippen molar-refractivity contribution in [1.82, 2.24) is 0 Å². The van der Waals surface area contributed by atoms with Gasteiger partial charge in [0.2, 0.25) is 0 Å². The van der Waals surface area contributed by atoms with Crippen molar-refractivity contribution in [2.75, 3.05) is 0 Å². The maximum atomic E-state index is 2.60. The van der Waals surface area contributed by atoms with Crippen molar-refractivity contribution in [1.29, 1.82) is 0 Å². The molecule has 0 nitrogen and oxygen atoms in total. The molecule has 0 N–H and O–H groups in total. The first-order chi connectivity index (χ1) is 21.6. The molecule has 0 spiro atoms. The van der Waals surface area contributed by atoms with Gasteiger partial charge in [0.25, 0.3) is 0 Å². The zero-order chi connectivity index (χ0) is 29.6. The van der Waals surface area contributed by atoms with E-state index in [1.165, 1.54) is 50.5 Å². The third kappa shape index (κ3) is 4.98. The molecule has 8 rings (SSSR count). The summed E-state index contributed by atoms with van der Waals surface area (Å²) in [5, 5.41) is 5.25. The molecule has 2 aliphatic rings. The average molecular weight is 818 g/mol. The second-order valence-corrected chi connectivity index (χ2v) is 43.1. The number of halogens is 2. The Kier molecular flexibility index (Phi) is 9.11. The Balaban J connectivity index is 0.00000186. The normalized spacial score (nSPS) is 14.5. The average Bonchev–Trinajstić information content (AvgIpc) is 3.81. The maximum absolute atomic E-state index is 4.53. The summed E-state index contributed by atoms with van der Waals surface area (Å²) in [5.74, 6) is 0. The van der Waals surface area contributed by atoms with E-state index in [1.54, 1.807) is 6.66 Å². The molecule has 2 aliphatic carbocycles. The predicted molar refractivity (Wildman–Crippen MR) is 204 cm³/mol. The van der Waals surface area contributed by atoms with Gasteiger partial charge in [-0.1, -0.05) is 0 Å². The summed E-state index contributed by atoms with van der Waals surface area (Å²) in [6, 6.07) is 54.2. The van der Waals surface area contributed by atoms with Crippen LogP contribution in [0.4, 0.5) is 0 Å². The minimum atomic E-state index is -4.53. The number of rotatable bonds is 6. The van der Waals surface area contributed by atoms with Crippen LogP contribution in [0.2, 0.25) is 0 Å². The van der Waals surface area contributed by atoms with Crippen LogP contribution in [0.25, 0.3) is 32.7 Å². The first-order valence-electron chi connectivity index (χ1n) is 15.6. The van der Waals surface area contributed by atoms with Crippen LogP contribution in [-0.2, 0) is 17.1 Å². The van der Waals surface area contributed by atoms with E-state index in [4.69, 9.17) is 0 Å². The van der Waals surface area contributed by atoms with Gasteiger partial charge in [-0.3, -0.25) is 0 Å². The van der Waals surface area contributed by atoms with Crippen molar-refractivity contribution < 1.29 is 17.1 Å². The molecule has 0 saturated carbocycles. The molecular formula is C42H36Cl2HfSi. The quantitative estimate of drug-likeness (QED) is 0.147. The van der Waals surface area contributed by atoms with Crippen LogP contribution in [0.1, 0.15) is 24.0 Å². The van der Waals surface area contributed by atoms with Crippen LogP contribution in [0, 0.1) is 0 Å². The molecule has 0 atom stereocenters. The predicted octanol–water partition coefficient (Wildman–Crippen LogP) is 9.77. The molecule has 4 heteroatoms. The third-order valence-electron chi connectivity index (χ3n) is 10.2. The molecule has 0 heterocycles. The fraction of sp³-hybridized carbons (Fsp3) is 0.0476. The van der Waals surface area contributed by atoms with Crippen molar-refractivity contribution in [2.24, 2.45) is 0 Å². The van der Waals surface area contributed by atoms with E-state index in [-0.39, 0.29) is 24.8 Å². The van der Waals surface area contributed by atoms with Gasteiger partial charge in [0.05, 0.1) is 0 Å². The van der Waals surface area contributed by atoms with Crippen LogP contribution >= 0.6 is 24.8 Å². The van der Waals surface area contributed by atoms with Crippen molar-refractivity contribution in [2.45, 2.75) is 12.8 Å². The van der Waals surface area contributed by atoms with Gasteiger partial charge in [-0.05, 0) is 0 Å². The van der Waals surface area contributed by atoms with Crippen molar-refractivity contribution >= 4 is 71.1 Å². The number of hydrogen-bond acceptors (Lipinski definition) is 0. The van der Waals surface area contributed by atoms with E-state index in [1.807, 2.05) is 0 Å². The monoisotopic (exact) mass is 818 g/mol. The van der Waals surface area contributed by atoms with Gasteiger partial charge < -0.3 is 0 Å². The van der Waals surface area contributed by atoms with Crippen LogP contribution in [0.15, 0.2) is 177 Å². The van der Waals surface area contributed by atoms with Crippen LogP contribution in [0.3, 0.4) is 0 Å². The van der Waals surface area contributed by atoms with Gasteiger partial charge in [-0.15, -0.1) is 24.8 Å². The Bertz CT molecular complexity index is 2100. The summed E-state index contributed by atoms with van der Waals surface area (Å²) < 4.78 is 6.34. The minimum absolute atomic E-state index is 0. The number of hydrogen-bond donors (Lipinski definition) is 0. The Morgan fingerprint density at radius 3 is 1.22 bits per heavy atom. The van der Waals surface area contributed by atoms with Crippen LogP contribution < -0.4 is 6.64 Å². The van der Waals surface area contributed by atoms with E-state index < -0.39 is 17.1 Å². The number of allylic oxidation sites excluding steroid dienone is 8. The summed E-state index contributed by atoms with van der Waals surface area (Å²) >= 11 is -4.53. The molecule has 0 radical (unpaired) electrons. The summed E-state index contributed by atoms with van der Waals surface area (Å²) in [5.41, 5.74) is 5.39. The molecule has 6 aromatic carbocycles. The van der Waals surface area contributed by atoms with Crippen LogP contribution in [0.5, 0.6) is 0 Å².